The van der Waals surface area contributed by atoms with E-state index < -0.39 is 0 Å². The van der Waals surface area contributed by atoms with Gasteiger partial charge in [0.2, 0.25) is 5.91 Å². The summed E-state index contributed by atoms with van der Waals surface area (Å²) in [5.41, 5.74) is 6.06. The molecular formula is C16H29N3O. The number of nitrogens with zero attached hydrogens (tertiary/aromatic N) is 1. The molecule has 2 saturated carbocycles. The highest BCUT2D eigenvalue weighted by atomic mass is 16.1. The fourth-order valence-electron chi connectivity index (χ4n) is 4.85. The molecule has 3 N–H and O–H groups in total. The minimum atomic E-state index is -0.151. The molecule has 20 heavy (non-hydrogen) atoms. The maximum atomic E-state index is 11.5. The molecule has 1 aliphatic heterocycles. The molecule has 0 bridgehead atoms. The van der Waals surface area contributed by atoms with Crippen LogP contribution in [0.25, 0.3) is 0 Å². The van der Waals surface area contributed by atoms with Crippen LogP contribution in [0.4, 0.5) is 0 Å². The number of carbonyl (C=O) groups is 1. The molecule has 3 aliphatic rings. The van der Waals surface area contributed by atoms with Crippen LogP contribution < -0.4 is 11.1 Å². The van der Waals surface area contributed by atoms with Gasteiger partial charge in [-0.1, -0.05) is 19.3 Å². The van der Waals surface area contributed by atoms with Crippen molar-refractivity contribution in [3.8, 4) is 0 Å². The van der Waals surface area contributed by atoms with Crippen LogP contribution in [0.2, 0.25) is 0 Å². The van der Waals surface area contributed by atoms with Crippen molar-refractivity contribution in [1.29, 1.82) is 0 Å². The van der Waals surface area contributed by atoms with Crippen LogP contribution in [-0.4, -0.2) is 42.5 Å². The van der Waals surface area contributed by atoms with Gasteiger partial charge in [-0.25, -0.2) is 0 Å². The van der Waals surface area contributed by atoms with Crippen molar-refractivity contribution in [2.75, 3.05) is 19.6 Å². The Morgan fingerprint density at radius 3 is 2.35 bits per heavy atom. The zero-order chi connectivity index (χ0) is 14.0. The lowest BCUT2D eigenvalue weighted by molar-refractivity contribution is -0.126. The third-order valence-corrected chi connectivity index (χ3v) is 5.99. The summed E-state index contributed by atoms with van der Waals surface area (Å²) in [6.07, 6.45) is 11.9. The topological polar surface area (TPSA) is 58.4 Å². The first-order chi connectivity index (χ1) is 9.71. The molecular weight excluding hydrogens is 250 g/mol. The minimum Gasteiger partial charge on any atom is -0.369 e. The smallest absolute Gasteiger partial charge is 0.231 e. The summed E-state index contributed by atoms with van der Waals surface area (Å²) in [4.78, 5) is 14.0. The molecule has 2 aliphatic carbocycles. The van der Waals surface area contributed by atoms with E-state index >= 15 is 0 Å². The number of hydrogen-bond acceptors (Lipinski definition) is 3. The summed E-state index contributed by atoms with van der Waals surface area (Å²) < 4.78 is 0. The van der Waals surface area contributed by atoms with Crippen LogP contribution in [0, 0.1) is 5.41 Å². The van der Waals surface area contributed by atoms with Gasteiger partial charge in [0.15, 0.2) is 0 Å². The van der Waals surface area contributed by atoms with Gasteiger partial charge in [-0.3, -0.25) is 9.69 Å². The first-order valence-corrected chi connectivity index (χ1v) is 8.46. The summed E-state index contributed by atoms with van der Waals surface area (Å²) in [7, 11) is 0. The molecule has 1 unspecified atom stereocenters. The Hall–Kier alpha value is -0.610. The molecule has 3 fully saturated rings. The highest BCUT2D eigenvalue weighted by Crippen LogP contribution is 2.54. The van der Waals surface area contributed by atoms with E-state index in [4.69, 9.17) is 5.73 Å². The van der Waals surface area contributed by atoms with Crippen molar-refractivity contribution in [3.63, 3.8) is 0 Å². The van der Waals surface area contributed by atoms with Crippen LogP contribution >= 0.6 is 0 Å². The Morgan fingerprint density at radius 1 is 1.10 bits per heavy atom. The first-order valence-electron chi connectivity index (χ1n) is 8.46. The fourth-order valence-corrected chi connectivity index (χ4v) is 4.85. The SMILES string of the molecule is NC(=O)CN(C1CCNCC1)C1CCC12CCCCC2. The number of nitrogens with one attached hydrogen (secondary N) is 1. The van der Waals surface area contributed by atoms with Gasteiger partial charge in [0, 0.05) is 12.1 Å². The number of hydrogen-bond donors (Lipinski definition) is 2. The van der Waals surface area contributed by atoms with E-state index in [1.165, 1.54) is 57.8 Å². The third-order valence-electron chi connectivity index (χ3n) is 5.99. The third kappa shape index (κ3) is 2.73. The molecule has 1 saturated heterocycles. The molecule has 0 radical (unpaired) electrons. The Bertz CT molecular complexity index is 346. The van der Waals surface area contributed by atoms with Crippen molar-refractivity contribution < 1.29 is 4.79 Å². The molecule has 4 nitrogen and oxygen atoms in total. The molecule has 1 spiro atoms. The number of nitrogens with two attached hydrogens (primary N) is 1. The van der Waals surface area contributed by atoms with E-state index in [-0.39, 0.29) is 5.91 Å². The molecule has 0 aromatic rings. The number of rotatable bonds is 4. The molecule has 1 heterocycles. The van der Waals surface area contributed by atoms with E-state index in [0.717, 1.165) is 13.1 Å². The Labute approximate surface area is 122 Å². The zero-order valence-corrected chi connectivity index (χ0v) is 12.6. The van der Waals surface area contributed by atoms with E-state index in [0.29, 0.717) is 24.0 Å². The Kier molecular flexibility index (Phi) is 4.32. The van der Waals surface area contributed by atoms with Crippen LogP contribution in [0.15, 0.2) is 0 Å². The maximum Gasteiger partial charge on any atom is 0.231 e. The van der Waals surface area contributed by atoms with Crippen molar-refractivity contribution in [2.24, 2.45) is 11.1 Å². The molecule has 0 aromatic heterocycles. The van der Waals surface area contributed by atoms with Crippen LogP contribution in [-0.2, 0) is 4.79 Å². The molecule has 0 aromatic carbocycles. The number of carbonyl (C=O) groups excluding carboxylic acids is 1. The van der Waals surface area contributed by atoms with Gasteiger partial charge in [-0.15, -0.1) is 0 Å². The van der Waals surface area contributed by atoms with E-state index in [1.807, 2.05) is 0 Å². The quantitative estimate of drug-likeness (QED) is 0.822. The van der Waals surface area contributed by atoms with Crippen molar-refractivity contribution in [1.82, 2.24) is 10.2 Å². The normalized spacial score (nSPS) is 30.4. The summed E-state index contributed by atoms with van der Waals surface area (Å²) in [5.74, 6) is -0.151. The number of amides is 1. The average molecular weight is 279 g/mol. The molecule has 114 valence electrons. The predicted octanol–water partition coefficient (Wildman–Crippen LogP) is 1.64. The van der Waals surface area contributed by atoms with Crippen LogP contribution in [0.3, 0.4) is 0 Å². The summed E-state index contributed by atoms with van der Waals surface area (Å²) in [6, 6.07) is 1.19. The predicted molar refractivity (Wildman–Crippen MR) is 80.3 cm³/mol. The van der Waals surface area contributed by atoms with E-state index in [1.54, 1.807) is 0 Å². The highest BCUT2D eigenvalue weighted by molar-refractivity contribution is 5.76. The monoisotopic (exact) mass is 279 g/mol. The first kappa shape index (κ1) is 14.3. The van der Waals surface area contributed by atoms with Crippen molar-refractivity contribution >= 4 is 5.91 Å². The summed E-state index contributed by atoms with van der Waals surface area (Å²) in [6.45, 7) is 2.64. The highest BCUT2D eigenvalue weighted by Gasteiger charge is 2.50. The fraction of sp³-hybridized carbons (Fsp3) is 0.938. The van der Waals surface area contributed by atoms with Gasteiger partial charge in [-0.2, -0.15) is 0 Å². The van der Waals surface area contributed by atoms with Gasteiger partial charge in [0.25, 0.3) is 0 Å². The largest absolute Gasteiger partial charge is 0.369 e. The van der Waals surface area contributed by atoms with Crippen LogP contribution in [0.5, 0.6) is 0 Å². The van der Waals surface area contributed by atoms with Crippen molar-refractivity contribution in [3.05, 3.63) is 0 Å². The van der Waals surface area contributed by atoms with Crippen LogP contribution in [0.1, 0.15) is 57.8 Å². The van der Waals surface area contributed by atoms with Gasteiger partial charge in [-0.05, 0) is 57.0 Å². The van der Waals surface area contributed by atoms with E-state index in [2.05, 4.69) is 10.2 Å². The maximum absolute atomic E-state index is 11.5. The lowest BCUT2D eigenvalue weighted by Crippen LogP contribution is -2.61. The van der Waals surface area contributed by atoms with Crippen molar-refractivity contribution in [2.45, 2.75) is 69.9 Å². The molecule has 1 atom stereocenters. The summed E-state index contributed by atoms with van der Waals surface area (Å²) >= 11 is 0. The number of primary amides is 1. The standard InChI is InChI=1S/C16H29N3O/c17-15(20)12-19(13-5-10-18-11-6-13)14-4-9-16(14)7-2-1-3-8-16/h13-14,18H,1-12H2,(H2,17,20). The molecule has 1 amide bonds. The average Bonchev–Trinajstić information content (AvgIpc) is 2.47. The second kappa shape index (κ2) is 6.02. The number of piperidine rings is 1. The molecule has 4 heteroatoms. The lowest BCUT2D eigenvalue weighted by atomic mass is 9.56. The van der Waals surface area contributed by atoms with E-state index in [9.17, 15) is 4.79 Å². The summed E-state index contributed by atoms with van der Waals surface area (Å²) in [5, 5.41) is 3.43. The Balaban J connectivity index is 1.72. The van der Waals surface area contributed by atoms with Gasteiger partial charge < -0.3 is 11.1 Å². The Morgan fingerprint density at radius 2 is 1.80 bits per heavy atom. The second-order valence-electron chi connectivity index (χ2n) is 7.10. The van der Waals surface area contributed by atoms with Gasteiger partial charge in [0.05, 0.1) is 6.54 Å². The minimum absolute atomic E-state index is 0.151. The lowest BCUT2D eigenvalue weighted by Gasteiger charge is -2.58. The van der Waals surface area contributed by atoms with Gasteiger partial charge in [0.1, 0.15) is 0 Å². The second-order valence-corrected chi connectivity index (χ2v) is 7.10. The van der Waals surface area contributed by atoms with Gasteiger partial charge >= 0.3 is 0 Å². The zero-order valence-electron chi connectivity index (χ0n) is 12.6. The molecule has 3 rings (SSSR count).